The number of nitrogens with two attached hydrogens (primary N) is 1. The van der Waals surface area contributed by atoms with Gasteiger partial charge < -0.3 is 26.6 Å². The van der Waals surface area contributed by atoms with E-state index in [0.717, 1.165) is 12.1 Å². The molecule has 0 radical (unpaired) electrons. The molecule has 0 aliphatic carbocycles. The highest BCUT2D eigenvalue weighted by atomic mass is 35.5. The number of carboxylic acids is 2. The van der Waals surface area contributed by atoms with Crippen LogP contribution in [0.5, 0.6) is 0 Å². The smallest absolute Gasteiger partial charge is 0.394 e. The molecular formula is C11H8ClN3O7. The SMILES string of the molecule is NC(=O)c1cc(NC(=O)C(=O)O)c(Cl)c(NC(=O)C(=O)O)c1. The van der Waals surface area contributed by atoms with Gasteiger partial charge in [0.2, 0.25) is 5.91 Å². The van der Waals surface area contributed by atoms with Gasteiger partial charge >= 0.3 is 23.8 Å². The molecule has 0 atom stereocenters. The number of benzene rings is 1. The van der Waals surface area contributed by atoms with Crippen LogP contribution in [0.3, 0.4) is 0 Å². The number of aliphatic carboxylic acids is 2. The summed E-state index contributed by atoms with van der Waals surface area (Å²) in [5, 5.41) is 20.4. The second-order valence-electron chi connectivity index (χ2n) is 3.77. The first-order valence-electron chi connectivity index (χ1n) is 5.35. The zero-order chi connectivity index (χ0) is 17.0. The largest absolute Gasteiger partial charge is 0.474 e. The minimum absolute atomic E-state index is 0.245. The van der Waals surface area contributed by atoms with Gasteiger partial charge in [0.05, 0.1) is 16.4 Å². The lowest BCUT2D eigenvalue weighted by Crippen LogP contribution is -2.24. The van der Waals surface area contributed by atoms with Crippen molar-refractivity contribution in [3.63, 3.8) is 0 Å². The molecule has 3 amide bonds. The summed E-state index contributed by atoms with van der Waals surface area (Å²) in [5.74, 6) is -7.54. The molecule has 0 spiro atoms. The van der Waals surface area contributed by atoms with Crippen molar-refractivity contribution in [3.8, 4) is 0 Å². The lowest BCUT2D eigenvalue weighted by molar-refractivity contribution is -0.147. The van der Waals surface area contributed by atoms with Crippen molar-refractivity contribution in [1.82, 2.24) is 0 Å². The van der Waals surface area contributed by atoms with Crippen LogP contribution in [0.4, 0.5) is 11.4 Å². The molecule has 11 heteroatoms. The van der Waals surface area contributed by atoms with E-state index in [1.807, 2.05) is 10.6 Å². The Labute approximate surface area is 126 Å². The third kappa shape index (κ3) is 3.93. The third-order valence-corrected chi connectivity index (χ3v) is 2.65. The predicted octanol–water partition coefficient (Wildman–Crippen LogP) is -0.515. The standard InChI is InChI=1S/C11H8ClN3O7/c12-6-4(14-8(17)10(19)20)1-3(7(13)16)2-5(6)15-9(18)11(21)22/h1-2H,(H2,13,16)(H,14,17)(H,15,18)(H,19,20)(H,21,22). The van der Waals surface area contributed by atoms with E-state index in [9.17, 15) is 24.0 Å². The number of primary amides is 1. The van der Waals surface area contributed by atoms with Crippen LogP contribution in [0.15, 0.2) is 12.1 Å². The van der Waals surface area contributed by atoms with E-state index in [4.69, 9.17) is 27.5 Å². The van der Waals surface area contributed by atoms with Gasteiger partial charge in [-0.1, -0.05) is 11.6 Å². The van der Waals surface area contributed by atoms with E-state index in [1.165, 1.54) is 0 Å². The quantitative estimate of drug-likeness (QED) is 0.463. The van der Waals surface area contributed by atoms with E-state index < -0.39 is 29.7 Å². The Hall–Kier alpha value is -3.14. The predicted molar refractivity (Wildman–Crippen MR) is 72.5 cm³/mol. The van der Waals surface area contributed by atoms with E-state index in [1.54, 1.807) is 0 Å². The summed E-state index contributed by atoms with van der Waals surface area (Å²) in [6, 6.07) is 1.95. The molecule has 0 saturated carbocycles. The molecule has 0 saturated heterocycles. The maximum Gasteiger partial charge on any atom is 0.394 e. The summed E-state index contributed by atoms with van der Waals surface area (Å²) in [4.78, 5) is 54.4. The van der Waals surface area contributed by atoms with Crippen molar-refractivity contribution in [2.45, 2.75) is 0 Å². The number of hydrogen-bond acceptors (Lipinski definition) is 5. The lowest BCUT2D eigenvalue weighted by atomic mass is 10.1. The molecule has 1 aromatic carbocycles. The zero-order valence-corrected chi connectivity index (χ0v) is 11.3. The van der Waals surface area contributed by atoms with Crippen LogP contribution < -0.4 is 16.4 Å². The average Bonchev–Trinajstić information content (AvgIpc) is 2.42. The van der Waals surface area contributed by atoms with Crippen molar-refractivity contribution >= 4 is 52.6 Å². The molecule has 1 rings (SSSR count). The number of amides is 3. The van der Waals surface area contributed by atoms with Gasteiger partial charge in [0, 0.05) is 5.56 Å². The van der Waals surface area contributed by atoms with Crippen LogP contribution in [-0.2, 0) is 19.2 Å². The molecule has 6 N–H and O–H groups in total. The van der Waals surface area contributed by atoms with E-state index >= 15 is 0 Å². The summed E-state index contributed by atoms with van der Waals surface area (Å²) in [7, 11) is 0. The van der Waals surface area contributed by atoms with Crippen molar-refractivity contribution in [2.75, 3.05) is 10.6 Å². The highest BCUT2D eigenvalue weighted by Crippen LogP contribution is 2.32. The summed E-state index contributed by atoms with van der Waals surface area (Å²) in [5.41, 5.74) is 4.11. The van der Waals surface area contributed by atoms with Gasteiger partial charge in [-0.2, -0.15) is 0 Å². The fourth-order valence-electron chi connectivity index (χ4n) is 1.30. The van der Waals surface area contributed by atoms with E-state index in [-0.39, 0.29) is 22.0 Å². The zero-order valence-electron chi connectivity index (χ0n) is 10.5. The molecule has 0 fully saturated rings. The molecule has 0 heterocycles. The Morgan fingerprint density at radius 2 is 1.27 bits per heavy atom. The van der Waals surface area contributed by atoms with Gasteiger partial charge in [-0.05, 0) is 12.1 Å². The van der Waals surface area contributed by atoms with Crippen LogP contribution in [0.25, 0.3) is 0 Å². The molecule has 0 bridgehead atoms. The second-order valence-corrected chi connectivity index (χ2v) is 4.15. The molecule has 0 aliphatic rings. The van der Waals surface area contributed by atoms with E-state index in [0.29, 0.717) is 0 Å². The number of rotatable bonds is 3. The molecule has 0 unspecified atom stereocenters. The molecular weight excluding hydrogens is 322 g/mol. The first-order valence-corrected chi connectivity index (χ1v) is 5.73. The van der Waals surface area contributed by atoms with Gasteiger partial charge in [-0.15, -0.1) is 0 Å². The van der Waals surface area contributed by atoms with Gasteiger partial charge in [0.15, 0.2) is 0 Å². The fraction of sp³-hybridized carbons (Fsp3) is 0. The number of anilines is 2. The Morgan fingerprint density at radius 1 is 0.909 bits per heavy atom. The number of carbonyl (C=O) groups excluding carboxylic acids is 3. The first kappa shape index (κ1) is 16.9. The average molecular weight is 330 g/mol. The Bertz CT molecular complexity index is 652. The van der Waals surface area contributed by atoms with Crippen molar-refractivity contribution < 1.29 is 34.2 Å². The second kappa shape index (κ2) is 6.54. The monoisotopic (exact) mass is 329 g/mol. The molecule has 10 nitrogen and oxygen atoms in total. The number of halogens is 1. The molecule has 116 valence electrons. The number of carbonyl (C=O) groups is 5. The molecule has 1 aromatic rings. The summed E-state index contributed by atoms with van der Waals surface area (Å²) < 4.78 is 0. The summed E-state index contributed by atoms with van der Waals surface area (Å²) in [6.45, 7) is 0. The Morgan fingerprint density at radius 3 is 1.55 bits per heavy atom. The van der Waals surface area contributed by atoms with E-state index in [2.05, 4.69) is 0 Å². The highest BCUT2D eigenvalue weighted by molar-refractivity contribution is 6.42. The lowest BCUT2D eigenvalue weighted by Gasteiger charge is -2.12. The Balaban J connectivity index is 3.32. The molecule has 22 heavy (non-hydrogen) atoms. The number of carboxylic acid groups (broad SMARTS) is 2. The van der Waals surface area contributed by atoms with Crippen LogP contribution in [0.2, 0.25) is 5.02 Å². The van der Waals surface area contributed by atoms with Crippen LogP contribution in [0.1, 0.15) is 10.4 Å². The number of nitrogens with one attached hydrogen (secondary N) is 2. The summed E-state index contributed by atoms with van der Waals surface area (Å²) >= 11 is 5.82. The molecule has 0 aliphatic heterocycles. The van der Waals surface area contributed by atoms with Crippen molar-refractivity contribution in [1.29, 1.82) is 0 Å². The summed E-state index contributed by atoms with van der Waals surface area (Å²) in [6.07, 6.45) is 0. The number of hydrogen-bond donors (Lipinski definition) is 5. The van der Waals surface area contributed by atoms with Crippen molar-refractivity contribution in [2.24, 2.45) is 5.73 Å². The highest BCUT2D eigenvalue weighted by Gasteiger charge is 2.20. The Kier molecular flexibility index (Phi) is 5.03. The van der Waals surface area contributed by atoms with Crippen LogP contribution >= 0.6 is 11.6 Å². The fourth-order valence-corrected chi connectivity index (χ4v) is 1.50. The van der Waals surface area contributed by atoms with Gasteiger partial charge in [-0.25, -0.2) is 9.59 Å². The normalized spacial score (nSPS) is 9.68. The third-order valence-electron chi connectivity index (χ3n) is 2.24. The topological polar surface area (TPSA) is 176 Å². The van der Waals surface area contributed by atoms with Crippen LogP contribution in [0, 0.1) is 0 Å². The van der Waals surface area contributed by atoms with Crippen molar-refractivity contribution in [3.05, 3.63) is 22.7 Å². The minimum atomic E-state index is -1.82. The van der Waals surface area contributed by atoms with Crippen LogP contribution in [-0.4, -0.2) is 39.9 Å². The van der Waals surface area contributed by atoms with Gasteiger partial charge in [-0.3, -0.25) is 14.4 Å². The first-order chi connectivity index (χ1) is 10.1. The van der Waals surface area contributed by atoms with Gasteiger partial charge in [0.25, 0.3) is 0 Å². The molecule has 0 aromatic heterocycles. The minimum Gasteiger partial charge on any atom is -0.474 e. The maximum atomic E-state index is 11.2. The maximum absolute atomic E-state index is 11.2. The van der Waals surface area contributed by atoms with Gasteiger partial charge in [0.1, 0.15) is 0 Å².